The summed E-state index contributed by atoms with van der Waals surface area (Å²) < 4.78 is 1.01. The minimum absolute atomic E-state index is 0.159. The number of halogens is 1. The second-order valence-electron chi connectivity index (χ2n) is 6.19. The monoisotopic (exact) mass is 415 g/mol. The Morgan fingerprint density at radius 3 is 2.81 bits per heavy atom. The highest BCUT2D eigenvalue weighted by atomic mass is 35.5. The van der Waals surface area contributed by atoms with Crippen LogP contribution in [0.5, 0.6) is 0 Å². The maximum absolute atomic E-state index is 13.0. The van der Waals surface area contributed by atoms with E-state index in [4.69, 9.17) is 11.6 Å². The van der Waals surface area contributed by atoms with E-state index >= 15 is 0 Å². The second-order valence-corrected chi connectivity index (χ2v) is 8.60. The lowest BCUT2D eigenvalue weighted by molar-refractivity contribution is 0.0938. The number of carbonyl (C=O) groups excluding carboxylic acids is 1. The van der Waals surface area contributed by atoms with Crippen molar-refractivity contribution < 1.29 is 4.79 Å². The molecule has 2 N–H and O–H groups in total. The average Bonchev–Trinajstić information content (AvgIpc) is 3.26. The Kier molecular flexibility index (Phi) is 5.38. The first-order chi connectivity index (χ1) is 13.2. The number of rotatable bonds is 6. The fourth-order valence-corrected chi connectivity index (χ4v) is 4.93. The fourth-order valence-electron chi connectivity index (χ4n) is 3.03. The van der Waals surface area contributed by atoms with Crippen LogP contribution in [0, 0.1) is 0 Å². The van der Waals surface area contributed by atoms with Gasteiger partial charge in [-0.05, 0) is 36.6 Å². The van der Waals surface area contributed by atoms with Gasteiger partial charge in [-0.15, -0.1) is 11.3 Å². The van der Waals surface area contributed by atoms with Gasteiger partial charge in [0.05, 0.1) is 22.1 Å². The quantitative estimate of drug-likeness (QED) is 0.427. The van der Waals surface area contributed by atoms with Gasteiger partial charge in [0.2, 0.25) is 0 Å². The van der Waals surface area contributed by atoms with Gasteiger partial charge in [0.1, 0.15) is 10.7 Å². The smallest absolute Gasteiger partial charge is 0.263 e. The van der Waals surface area contributed by atoms with Gasteiger partial charge in [-0.2, -0.15) is 11.8 Å². The maximum Gasteiger partial charge on any atom is 0.263 e. The number of benzene rings is 2. The van der Waals surface area contributed by atoms with Crippen LogP contribution in [0.25, 0.3) is 21.1 Å². The van der Waals surface area contributed by atoms with E-state index < -0.39 is 0 Å². The maximum atomic E-state index is 13.0. The molecule has 0 fully saturated rings. The molecule has 0 bridgehead atoms. The second kappa shape index (κ2) is 7.92. The van der Waals surface area contributed by atoms with Crippen molar-refractivity contribution in [2.45, 2.75) is 12.5 Å². The summed E-state index contributed by atoms with van der Waals surface area (Å²) in [4.78, 5) is 21.5. The van der Waals surface area contributed by atoms with Crippen LogP contribution in [0.15, 0.2) is 48.5 Å². The number of aromatic amines is 1. The molecule has 4 aromatic rings. The van der Waals surface area contributed by atoms with Crippen LogP contribution in [0.2, 0.25) is 5.02 Å². The van der Waals surface area contributed by atoms with Gasteiger partial charge in [-0.25, -0.2) is 4.98 Å². The van der Waals surface area contributed by atoms with Crippen molar-refractivity contribution in [3.05, 3.63) is 64.3 Å². The van der Waals surface area contributed by atoms with Gasteiger partial charge in [0, 0.05) is 10.1 Å². The molecular formula is C20H18ClN3OS2. The van der Waals surface area contributed by atoms with E-state index in [1.54, 1.807) is 11.8 Å². The Morgan fingerprint density at radius 1 is 1.26 bits per heavy atom. The summed E-state index contributed by atoms with van der Waals surface area (Å²) >= 11 is 9.64. The molecule has 0 aliphatic carbocycles. The fraction of sp³-hybridized carbons (Fsp3) is 0.200. The van der Waals surface area contributed by atoms with Gasteiger partial charge >= 0.3 is 0 Å². The summed E-state index contributed by atoms with van der Waals surface area (Å²) in [6.45, 7) is 0. The van der Waals surface area contributed by atoms with Crippen molar-refractivity contribution in [2.24, 2.45) is 0 Å². The minimum Gasteiger partial charge on any atom is -0.341 e. The van der Waals surface area contributed by atoms with Crippen LogP contribution in [-0.2, 0) is 0 Å². The molecule has 0 spiro atoms. The highest BCUT2D eigenvalue weighted by Crippen LogP contribution is 2.35. The minimum atomic E-state index is -0.196. The molecule has 0 aliphatic rings. The Balaban J connectivity index is 1.64. The molecule has 2 aromatic carbocycles. The third-order valence-corrected chi connectivity index (χ3v) is 6.71. The van der Waals surface area contributed by atoms with Crippen LogP contribution in [0.1, 0.15) is 28.0 Å². The molecule has 4 nitrogen and oxygen atoms in total. The van der Waals surface area contributed by atoms with Gasteiger partial charge in [0.15, 0.2) is 0 Å². The van der Waals surface area contributed by atoms with Gasteiger partial charge in [-0.1, -0.05) is 41.9 Å². The summed E-state index contributed by atoms with van der Waals surface area (Å²) in [6, 6.07) is 15.5. The molecule has 0 saturated heterocycles. The topological polar surface area (TPSA) is 57.8 Å². The zero-order valence-electron chi connectivity index (χ0n) is 14.7. The number of carbonyl (C=O) groups is 1. The highest BCUT2D eigenvalue weighted by molar-refractivity contribution is 7.98. The third kappa shape index (κ3) is 3.70. The highest BCUT2D eigenvalue weighted by Gasteiger charge is 2.22. The Morgan fingerprint density at radius 2 is 2.04 bits per heavy atom. The molecule has 4 rings (SSSR count). The summed E-state index contributed by atoms with van der Waals surface area (Å²) in [5.41, 5.74) is 1.87. The number of imidazole rings is 1. The van der Waals surface area contributed by atoms with Crippen LogP contribution in [-0.4, -0.2) is 27.9 Å². The number of fused-ring (bicyclic) bond motifs is 2. The van der Waals surface area contributed by atoms with Crippen molar-refractivity contribution in [1.29, 1.82) is 0 Å². The van der Waals surface area contributed by atoms with Crippen molar-refractivity contribution in [1.82, 2.24) is 15.3 Å². The molecule has 138 valence electrons. The number of thioether (sulfide) groups is 1. The van der Waals surface area contributed by atoms with Crippen LogP contribution < -0.4 is 5.32 Å². The summed E-state index contributed by atoms with van der Waals surface area (Å²) in [5, 5.41) is 4.56. The standard InChI is InChI=1S/C20H18ClN3OS2/c1-26-11-10-15(19-22-13-7-3-4-8-14(13)23-19)24-20(25)18-17(21)12-6-2-5-9-16(12)27-18/h2-9,15H,10-11H2,1H3,(H,22,23)(H,24,25)/t15-/m1/s1. The predicted molar refractivity (Wildman–Crippen MR) is 116 cm³/mol. The molecular weight excluding hydrogens is 398 g/mol. The number of nitrogens with zero attached hydrogens (tertiary/aromatic N) is 1. The van der Waals surface area contributed by atoms with Gasteiger partial charge < -0.3 is 10.3 Å². The van der Waals surface area contributed by atoms with E-state index in [2.05, 4.69) is 21.5 Å². The number of nitrogens with one attached hydrogen (secondary N) is 2. The lowest BCUT2D eigenvalue weighted by Crippen LogP contribution is -2.29. The van der Waals surface area contributed by atoms with Crippen LogP contribution in [0.4, 0.5) is 0 Å². The van der Waals surface area contributed by atoms with Gasteiger partial charge in [0.25, 0.3) is 5.91 Å². The Labute approximate surface area is 170 Å². The van der Waals surface area contributed by atoms with Gasteiger partial charge in [-0.3, -0.25) is 4.79 Å². The van der Waals surface area contributed by atoms with Crippen molar-refractivity contribution >= 4 is 61.7 Å². The lowest BCUT2D eigenvalue weighted by Gasteiger charge is -2.16. The number of amides is 1. The van der Waals surface area contributed by atoms with Crippen molar-refractivity contribution in [2.75, 3.05) is 12.0 Å². The lowest BCUT2D eigenvalue weighted by atomic mass is 10.2. The van der Waals surface area contributed by atoms with Crippen molar-refractivity contribution in [3.8, 4) is 0 Å². The van der Waals surface area contributed by atoms with E-state index in [1.165, 1.54) is 11.3 Å². The summed E-state index contributed by atoms with van der Waals surface area (Å²) in [7, 11) is 0. The molecule has 0 unspecified atom stereocenters. The first kappa shape index (κ1) is 18.3. The number of aromatic nitrogens is 2. The molecule has 0 radical (unpaired) electrons. The largest absolute Gasteiger partial charge is 0.341 e. The Bertz CT molecular complexity index is 1070. The molecule has 27 heavy (non-hydrogen) atoms. The normalized spacial score (nSPS) is 12.5. The molecule has 2 heterocycles. The number of hydrogen-bond donors (Lipinski definition) is 2. The molecule has 1 atom stereocenters. The zero-order valence-corrected chi connectivity index (χ0v) is 17.0. The average molecular weight is 416 g/mol. The van der Waals surface area contributed by atoms with Crippen LogP contribution >= 0.6 is 34.7 Å². The number of H-pyrrole nitrogens is 1. The van der Waals surface area contributed by atoms with E-state index in [1.807, 2.05) is 48.5 Å². The van der Waals surface area contributed by atoms with E-state index in [-0.39, 0.29) is 11.9 Å². The first-order valence-corrected chi connectivity index (χ1v) is 11.2. The molecule has 2 aromatic heterocycles. The summed E-state index contributed by atoms with van der Waals surface area (Å²) in [5.74, 6) is 1.53. The third-order valence-electron chi connectivity index (χ3n) is 4.39. The predicted octanol–water partition coefficient (Wildman–Crippen LogP) is 5.66. The van der Waals surface area contributed by atoms with E-state index in [0.29, 0.717) is 9.90 Å². The molecule has 1 amide bonds. The summed E-state index contributed by atoms with van der Waals surface area (Å²) in [6.07, 6.45) is 2.84. The molecule has 7 heteroatoms. The Hall–Kier alpha value is -2.02. The van der Waals surface area contributed by atoms with E-state index in [0.717, 1.165) is 39.1 Å². The number of hydrogen-bond acceptors (Lipinski definition) is 4. The molecule has 0 aliphatic heterocycles. The van der Waals surface area contributed by atoms with Crippen LogP contribution in [0.3, 0.4) is 0 Å². The van der Waals surface area contributed by atoms with Crippen molar-refractivity contribution in [3.63, 3.8) is 0 Å². The molecule has 0 saturated carbocycles. The number of para-hydroxylation sites is 2. The number of thiophene rings is 1. The van der Waals surface area contributed by atoms with E-state index in [9.17, 15) is 4.79 Å². The SMILES string of the molecule is CSCC[C@@H](NC(=O)c1sc2ccccc2c1Cl)c1nc2ccccc2[nH]1. The zero-order chi connectivity index (χ0) is 18.8. The first-order valence-electron chi connectivity index (χ1n) is 8.59.